The lowest BCUT2D eigenvalue weighted by atomic mass is 10.1. The van der Waals surface area contributed by atoms with E-state index >= 15 is 0 Å². The Hall–Kier alpha value is -2.08. The van der Waals surface area contributed by atoms with Gasteiger partial charge >= 0.3 is 5.97 Å². The first-order valence-corrected chi connectivity index (χ1v) is 5.37. The van der Waals surface area contributed by atoms with Crippen molar-refractivity contribution in [2.24, 2.45) is 5.73 Å². The number of hydrogen-bond donors (Lipinski definition) is 3. The summed E-state index contributed by atoms with van der Waals surface area (Å²) in [5.41, 5.74) is 6.86. The lowest BCUT2D eigenvalue weighted by molar-refractivity contribution is -0.138. The van der Waals surface area contributed by atoms with Gasteiger partial charge in [0.05, 0.1) is 19.6 Å². The Bertz CT molecular complexity index is 459. The number of hydrogen-bond acceptors (Lipinski definition) is 4. The lowest BCUT2D eigenvalue weighted by Crippen LogP contribution is -2.37. The van der Waals surface area contributed by atoms with Crippen LogP contribution in [0.2, 0.25) is 0 Å². The molecule has 98 valence electrons. The molecule has 6 heteroatoms. The highest BCUT2D eigenvalue weighted by atomic mass is 16.5. The molecule has 1 unspecified atom stereocenters. The second-order valence-corrected chi connectivity index (χ2v) is 3.87. The van der Waals surface area contributed by atoms with Crippen molar-refractivity contribution in [1.82, 2.24) is 0 Å². The van der Waals surface area contributed by atoms with Crippen LogP contribution in [0.4, 0.5) is 5.69 Å². The van der Waals surface area contributed by atoms with Crippen LogP contribution in [0.3, 0.4) is 0 Å². The van der Waals surface area contributed by atoms with E-state index in [9.17, 15) is 9.59 Å². The number of carbonyl (C=O) groups excluding carboxylic acids is 1. The summed E-state index contributed by atoms with van der Waals surface area (Å²) < 4.78 is 5.04. The maximum absolute atomic E-state index is 11.7. The molecule has 0 aliphatic heterocycles. The molecule has 1 amide bonds. The number of nitrogens with one attached hydrogen (secondary N) is 1. The molecule has 0 bridgehead atoms. The molecule has 1 aromatic rings. The van der Waals surface area contributed by atoms with Crippen molar-refractivity contribution in [1.29, 1.82) is 0 Å². The van der Waals surface area contributed by atoms with Gasteiger partial charge < -0.3 is 20.9 Å². The lowest BCUT2D eigenvalue weighted by Gasteiger charge is -2.13. The first-order valence-electron chi connectivity index (χ1n) is 5.37. The molecule has 0 spiro atoms. The molecular weight excluding hydrogens is 236 g/mol. The number of carboxylic acids is 1. The number of aryl methyl sites for hydroxylation is 1. The Morgan fingerprint density at radius 1 is 1.50 bits per heavy atom. The number of benzene rings is 1. The SMILES string of the molecule is COc1ccc(C)c(NC(=O)C(N)CC(=O)O)c1. The second-order valence-electron chi connectivity index (χ2n) is 3.87. The van der Waals surface area contributed by atoms with E-state index in [0.29, 0.717) is 11.4 Å². The predicted molar refractivity (Wildman–Crippen MR) is 66.6 cm³/mol. The van der Waals surface area contributed by atoms with Gasteiger partial charge in [0, 0.05) is 11.8 Å². The maximum atomic E-state index is 11.7. The molecule has 6 nitrogen and oxygen atoms in total. The minimum Gasteiger partial charge on any atom is -0.497 e. The molecule has 4 N–H and O–H groups in total. The highest BCUT2D eigenvalue weighted by molar-refractivity contribution is 5.97. The third kappa shape index (κ3) is 3.74. The van der Waals surface area contributed by atoms with Gasteiger partial charge in [-0.05, 0) is 18.6 Å². The molecular formula is C12H16N2O4. The molecule has 0 saturated heterocycles. The number of aliphatic carboxylic acids is 1. The Labute approximate surface area is 105 Å². The summed E-state index contributed by atoms with van der Waals surface area (Å²) in [5.74, 6) is -1.04. The molecule has 0 aliphatic rings. The topological polar surface area (TPSA) is 102 Å². The van der Waals surface area contributed by atoms with E-state index < -0.39 is 24.3 Å². The van der Waals surface area contributed by atoms with E-state index in [1.807, 2.05) is 6.92 Å². The van der Waals surface area contributed by atoms with Crippen molar-refractivity contribution < 1.29 is 19.4 Å². The smallest absolute Gasteiger partial charge is 0.305 e. The summed E-state index contributed by atoms with van der Waals surface area (Å²) in [6.45, 7) is 1.82. The number of rotatable bonds is 5. The number of carboxylic acid groups (broad SMARTS) is 1. The van der Waals surface area contributed by atoms with Gasteiger partial charge in [-0.2, -0.15) is 0 Å². The monoisotopic (exact) mass is 252 g/mol. The molecule has 0 heterocycles. The number of methoxy groups -OCH3 is 1. The summed E-state index contributed by atoms with van der Waals surface area (Å²) in [5, 5.41) is 11.1. The molecule has 1 rings (SSSR count). The zero-order valence-electron chi connectivity index (χ0n) is 10.3. The van der Waals surface area contributed by atoms with Gasteiger partial charge in [0.25, 0.3) is 0 Å². The van der Waals surface area contributed by atoms with Crippen LogP contribution in [0.5, 0.6) is 5.75 Å². The average Bonchev–Trinajstić information content (AvgIpc) is 2.31. The van der Waals surface area contributed by atoms with Crippen molar-refractivity contribution in [2.45, 2.75) is 19.4 Å². The molecule has 0 aromatic heterocycles. The van der Waals surface area contributed by atoms with Crippen molar-refractivity contribution in [2.75, 3.05) is 12.4 Å². The molecule has 0 aliphatic carbocycles. The standard InChI is InChI=1S/C12H16N2O4/c1-7-3-4-8(18-2)5-10(7)14-12(17)9(13)6-11(15)16/h3-5,9H,6,13H2,1-2H3,(H,14,17)(H,15,16). The van der Waals surface area contributed by atoms with E-state index in [4.69, 9.17) is 15.6 Å². The Balaban J connectivity index is 2.77. The highest BCUT2D eigenvalue weighted by Gasteiger charge is 2.17. The fourth-order valence-corrected chi connectivity index (χ4v) is 1.37. The Morgan fingerprint density at radius 2 is 2.17 bits per heavy atom. The summed E-state index contributed by atoms with van der Waals surface area (Å²) in [4.78, 5) is 22.1. The van der Waals surface area contributed by atoms with E-state index in [2.05, 4.69) is 5.32 Å². The normalized spacial score (nSPS) is 11.7. The van der Waals surface area contributed by atoms with Gasteiger partial charge in [0.1, 0.15) is 5.75 Å². The molecule has 0 saturated carbocycles. The van der Waals surface area contributed by atoms with Gasteiger partial charge in [-0.3, -0.25) is 9.59 Å². The third-order valence-corrected chi connectivity index (χ3v) is 2.43. The van der Waals surface area contributed by atoms with Crippen molar-refractivity contribution in [3.05, 3.63) is 23.8 Å². The van der Waals surface area contributed by atoms with Crippen LogP contribution < -0.4 is 15.8 Å². The van der Waals surface area contributed by atoms with Crippen LogP contribution in [-0.2, 0) is 9.59 Å². The quantitative estimate of drug-likeness (QED) is 0.717. The van der Waals surface area contributed by atoms with Crippen LogP contribution in [0.25, 0.3) is 0 Å². The van der Waals surface area contributed by atoms with Gasteiger partial charge in [-0.1, -0.05) is 6.07 Å². The molecule has 1 atom stereocenters. The zero-order chi connectivity index (χ0) is 13.7. The van der Waals surface area contributed by atoms with Gasteiger partial charge in [-0.15, -0.1) is 0 Å². The fourth-order valence-electron chi connectivity index (χ4n) is 1.37. The van der Waals surface area contributed by atoms with E-state index in [-0.39, 0.29) is 0 Å². The highest BCUT2D eigenvalue weighted by Crippen LogP contribution is 2.21. The summed E-state index contributed by atoms with van der Waals surface area (Å²) in [7, 11) is 1.52. The number of amides is 1. The average molecular weight is 252 g/mol. The van der Waals surface area contributed by atoms with Crippen LogP contribution in [0.1, 0.15) is 12.0 Å². The fraction of sp³-hybridized carbons (Fsp3) is 0.333. The van der Waals surface area contributed by atoms with Gasteiger partial charge in [0.15, 0.2) is 0 Å². The Kier molecular flexibility index (Phi) is 4.67. The van der Waals surface area contributed by atoms with Crippen molar-refractivity contribution in [3.8, 4) is 5.75 Å². The van der Waals surface area contributed by atoms with Gasteiger partial charge in [0.2, 0.25) is 5.91 Å². The second kappa shape index (κ2) is 6.02. The van der Waals surface area contributed by atoms with Crippen molar-refractivity contribution in [3.63, 3.8) is 0 Å². The van der Waals surface area contributed by atoms with Crippen LogP contribution in [0.15, 0.2) is 18.2 Å². The summed E-state index contributed by atoms with van der Waals surface area (Å²) in [6, 6.07) is 4.13. The third-order valence-electron chi connectivity index (χ3n) is 2.43. The molecule has 0 fully saturated rings. The first-order chi connectivity index (χ1) is 8.43. The summed E-state index contributed by atoms with van der Waals surface area (Å²) in [6.07, 6.45) is -0.408. The molecule has 18 heavy (non-hydrogen) atoms. The van der Waals surface area contributed by atoms with E-state index in [1.54, 1.807) is 18.2 Å². The molecule has 0 radical (unpaired) electrons. The van der Waals surface area contributed by atoms with E-state index in [1.165, 1.54) is 7.11 Å². The Morgan fingerprint density at radius 3 is 2.72 bits per heavy atom. The number of anilines is 1. The molecule has 1 aromatic carbocycles. The number of carbonyl (C=O) groups is 2. The maximum Gasteiger partial charge on any atom is 0.305 e. The minimum absolute atomic E-state index is 0.408. The number of nitrogens with two attached hydrogens (primary N) is 1. The van der Waals surface area contributed by atoms with Crippen molar-refractivity contribution >= 4 is 17.6 Å². The first kappa shape index (κ1) is 14.0. The zero-order valence-corrected chi connectivity index (χ0v) is 10.3. The van der Waals surface area contributed by atoms with Gasteiger partial charge in [-0.25, -0.2) is 0 Å². The largest absolute Gasteiger partial charge is 0.497 e. The predicted octanol–water partition coefficient (Wildman–Crippen LogP) is 0.744. The number of ether oxygens (including phenoxy) is 1. The van der Waals surface area contributed by atoms with Crippen LogP contribution >= 0.6 is 0 Å². The van der Waals surface area contributed by atoms with Crippen LogP contribution in [-0.4, -0.2) is 30.1 Å². The van der Waals surface area contributed by atoms with Crippen LogP contribution in [0, 0.1) is 6.92 Å². The van der Waals surface area contributed by atoms with E-state index in [0.717, 1.165) is 5.56 Å². The summed E-state index contributed by atoms with van der Waals surface area (Å²) >= 11 is 0. The minimum atomic E-state index is -1.11.